The first-order valence-electron chi connectivity index (χ1n) is 12.1. The molecular weight excluding hydrogens is 438 g/mol. The van der Waals surface area contributed by atoms with Crippen LogP contribution in [0.4, 0.5) is 17.1 Å². The fourth-order valence-electron chi connectivity index (χ4n) is 5.37. The number of cyclic esters (lactones) is 1. The second-order valence-corrected chi connectivity index (χ2v) is 9.69. The molecule has 6 heteroatoms. The molecule has 0 amide bonds. The molecule has 0 spiro atoms. The van der Waals surface area contributed by atoms with Gasteiger partial charge < -0.3 is 24.2 Å². The minimum absolute atomic E-state index is 0.326. The van der Waals surface area contributed by atoms with E-state index in [0.29, 0.717) is 11.3 Å². The Morgan fingerprint density at radius 2 is 1.57 bits per heavy atom. The summed E-state index contributed by atoms with van der Waals surface area (Å²) in [6.07, 6.45) is 2.40. The Labute approximate surface area is 207 Å². The molecule has 2 aliphatic heterocycles. The van der Waals surface area contributed by atoms with E-state index in [0.717, 1.165) is 46.8 Å². The van der Waals surface area contributed by atoms with Crippen LogP contribution in [0.5, 0.6) is 5.75 Å². The van der Waals surface area contributed by atoms with Gasteiger partial charge in [0, 0.05) is 81.1 Å². The van der Waals surface area contributed by atoms with Crippen LogP contribution >= 0.6 is 0 Å². The molecule has 3 aromatic rings. The highest BCUT2D eigenvalue weighted by Gasteiger charge is 2.51. The second-order valence-electron chi connectivity index (χ2n) is 9.69. The Morgan fingerprint density at radius 1 is 0.857 bits per heavy atom. The van der Waals surface area contributed by atoms with E-state index in [1.54, 1.807) is 7.11 Å². The topological polar surface area (TPSA) is 45.2 Å². The molecule has 0 radical (unpaired) electrons. The first kappa shape index (κ1) is 23.1. The molecule has 0 bridgehead atoms. The zero-order valence-corrected chi connectivity index (χ0v) is 21.2. The largest absolute Gasteiger partial charge is 0.496 e. The van der Waals surface area contributed by atoms with Crippen LogP contribution in [0, 0.1) is 0 Å². The van der Waals surface area contributed by atoms with Crippen molar-refractivity contribution in [2.24, 2.45) is 0 Å². The standard InChI is InChI=1S/C29H33N3O3/c1-30(2)20-12-14-24(26(18-20)31(3)4)29(23-11-7-6-10-22(23)28(33)35-29)25-15-13-21(19-27(25)34-5)32-16-8-9-17-32/h6-7,10-15,18-19H,8-9,16-17H2,1-5H3. The first-order chi connectivity index (χ1) is 16.9. The van der Waals surface area contributed by atoms with Gasteiger partial charge in [0.05, 0.1) is 12.7 Å². The third-order valence-electron chi connectivity index (χ3n) is 7.17. The molecule has 3 aromatic carbocycles. The van der Waals surface area contributed by atoms with Gasteiger partial charge >= 0.3 is 5.97 Å². The van der Waals surface area contributed by atoms with Gasteiger partial charge in [0.15, 0.2) is 5.60 Å². The predicted molar refractivity (Wildman–Crippen MR) is 141 cm³/mol. The molecule has 1 saturated heterocycles. The summed E-state index contributed by atoms with van der Waals surface area (Å²) in [5.74, 6) is 0.382. The van der Waals surface area contributed by atoms with E-state index in [-0.39, 0.29) is 5.97 Å². The highest BCUT2D eigenvalue weighted by molar-refractivity contribution is 5.97. The van der Waals surface area contributed by atoms with E-state index >= 15 is 0 Å². The fraction of sp³-hybridized carbons (Fsp3) is 0.345. The number of benzene rings is 3. The number of hydrogen-bond acceptors (Lipinski definition) is 6. The van der Waals surface area contributed by atoms with Crippen molar-refractivity contribution in [1.82, 2.24) is 0 Å². The Kier molecular flexibility index (Phi) is 5.83. The molecule has 5 rings (SSSR count). The lowest BCUT2D eigenvalue weighted by Gasteiger charge is -2.35. The van der Waals surface area contributed by atoms with Crippen molar-refractivity contribution in [2.45, 2.75) is 18.4 Å². The molecule has 1 unspecified atom stereocenters. The zero-order chi connectivity index (χ0) is 24.7. The van der Waals surface area contributed by atoms with E-state index < -0.39 is 5.60 Å². The minimum atomic E-state index is -1.13. The van der Waals surface area contributed by atoms with Gasteiger partial charge in [0.1, 0.15) is 5.75 Å². The van der Waals surface area contributed by atoms with Crippen LogP contribution in [0.2, 0.25) is 0 Å². The molecular formula is C29H33N3O3. The smallest absolute Gasteiger partial charge is 0.340 e. The van der Waals surface area contributed by atoms with Gasteiger partial charge in [-0.15, -0.1) is 0 Å². The summed E-state index contributed by atoms with van der Waals surface area (Å²) < 4.78 is 12.4. The molecule has 2 heterocycles. The molecule has 2 aliphatic rings. The monoisotopic (exact) mass is 471 g/mol. The number of fused-ring (bicyclic) bond motifs is 1. The van der Waals surface area contributed by atoms with Crippen LogP contribution in [0.1, 0.15) is 39.9 Å². The maximum atomic E-state index is 13.3. The van der Waals surface area contributed by atoms with Crippen LogP contribution in [0.3, 0.4) is 0 Å². The molecule has 6 nitrogen and oxygen atoms in total. The molecule has 182 valence electrons. The molecule has 1 fully saturated rings. The number of ether oxygens (including phenoxy) is 2. The highest BCUT2D eigenvalue weighted by atomic mass is 16.6. The molecule has 0 saturated carbocycles. The van der Waals surface area contributed by atoms with Crippen LogP contribution in [0.25, 0.3) is 0 Å². The maximum Gasteiger partial charge on any atom is 0.340 e. The van der Waals surface area contributed by atoms with Crippen molar-refractivity contribution in [3.8, 4) is 5.75 Å². The van der Waals surface area contributed by atoms with Crippen LogP contribution in [-0.4, -0.2) is 54.4 Å². The summed E-state index contributed by atoms with van der Waals surface area (Å²) in [6.45, 7) is 2.09. The summed E-state index contributed by atoms with van der Waals surface area (Å²) in [5.41, 5.74) is 5.19. The summed E-state index contributed by atoms with van der Waals surface area (Å²) >= 11 is 0. The van der Waals surface area contributed by atoms with Gasteiger partial charge in [-0.05, 0) is 43.2 Å². The second kappa shape index (κ2) is 8.84. The van der Waals surface area contributed by atoms with Crippen LogP contribution in [-0.2, 0) is 10.3 Å². The zero-order valence-electron chi connectivity index (χ0n) is 21.2. The summed E-state index contributed by atoms with van der Waals surface area (Å²) in [7, 11) is 9.76. The Bertz CT molecular complexity index is 1260. The normalized spacial score (nSPS) is 18.9. The van der Waals surface area contributed by atoms with Gasteiger partial charge in [0.2, 0.25) is 0 Å². The maximum absolute atomic E-state index is 13.3. The van der Waals surface area contributed by atoms with Crippen molar-refractivity contribution in [3.63, 3.8) is 0 Å². The van der Waals surface area contributed by atoms with E-state index in [1.807, 2.05) is 52.5 Å². The summed E-state index contributed by atoms with van der Waals surface area (Å²) in [4.78, 5) is 19.8. The van der Waals surface area contributed by atoms with Gasteiger partial charge in [-0.2, -0.15) is 0 Å². The molecule has 0 aliphatic carbocycles. The number of nitrogens with zero attached hydrogens (tertiary/aromatic N) is 3. The predicted octanol–water partition coefficient (Wildman–Crippen LogP) is 4.89. The van der Waals surface area contributed by atoms with E-state index in [1.165, 1.54) is 12.8 Å². The lowest BCUT2D eigenvalue weighted by atomic mass is 9.78. The van der Waals surface area contributed by atoms with Crippen LogP contribution in [0.15, 0.2) is 60.7 Å². The Morgan fingerprint density at radius 3 is 2.26 bits per heavy atom. The molecule has 0 N–H and O–H groups in total. The van der Waals surface area contributed by atoms with Gasteiger partial charge in [0.25, 0.3) is 0 Å². The van der Waals surface area contributed by atoms with Crippen molar-refractivity contribution < 1.29 is 14.3 Å². The van der Waals surface area contributed by atoms with Gasteiger partial charge in [-0.1, -0.05) is 24.3 Å². The quantitative estimate of drug-likeness (QED) is 0.477. The minimum Gasteiger partial charge on any atom is -0.496 e. The third-order valence-corrected chi connectivity index (χ3v) is 7.17. The van der Waals surface area contributed by atoms with E-state index in [9.17, 15) is 4.79 Å². The number of carbonyl (C=O) groups is 1. The summed E-state index contributed by atoms with van der Waals surface area (Å²) in [6, 6.07) is 20.2. The van der Waals surface area contributed by atoms with E-state index in [4.69, 9.17) is 9.47 Å². The van der Waals surface area contributed by atoms with Crippen molar-refractivity contribution in [3.05, 3.63) is 82.9 Å². The molecule has 1 atom stereocenters. The number of methoxy groups -OCH3 is 1. The number of rotatable bonds is 6. The van der Waals surface area contributed by atoms with Crippen molar-refractivity contribution in [1.29, 1.82) is 0 Å². The van der Waals surface area contributed by atoms with Gasteiger partial charge in [-0.3, -0.25) is 0 Å². The first-order valence-corrected chi connectivity index (χ1v) is 12.1. The Hall–Kier alpha value is -3.67. The van der Waals surface area contributed by atoms with Crippen molar-refractivity contribution >= 4 is 23.0 Å². The third kappa shape index (κ3) is 3.68. The molecule has 0 aromatic heterocycles. The molecule has 35 heavy (non-hydrogen) atoms. The van der Waals surface area contributed by atoms with E-state index in [2.05, 4.69) is 51.1 Å². The summed E-state index contributed by atoms with van der Waals surface area (Å²) in [5, 5.41) is 0. The average molecular weight is 472 g/mol. The van der Waals surface area contributed by atoms with Gasteiger partial charge in [-0.25, -0.2) is 4.79 Å². The fourth-order valence-corrected chi connectivity index (χ4v) is 5.37. The lowest BCUT2D eigenvalue weighted by Crippen LogP contribution is -2.32. The number of anilines is 3. The van der Waals surface area contributed by atoms with Crippen molar-refractivity contribution in [2.75, 3.05) is 63.1 Å². The number of hydrogen-bond donors (Lipinski definition) is 0. The van der Waals surface area contributed by atoms with Crippen LogP contribution < -0.4 is 19.4 Å². The highest BCUT2D eigenvalue weighted by Crippen LogP contribution is 2.53. The average Bonchev–Trinajstić information content (AvgIpc) is 3.51. The lowest BCUT2D eigenvalue weighted by molar-refractivity contribution is 0.0247. The SMILES string of the molecule is COc1cc(N2CCCC2)ccc1C1(c2ccc(N(C)C)cc2N(C)C)OC(=O)c2ccccc21. The number of carbonyl (C=O) groups excluding carboxylic acids is 1. The number of esters is 1. The Balaban J connectivity index is 1.80.